The zero-order valence-electron chi connectivity index (χ0n) is 14.9. The van der Waals surface area contributed by atoms with Crippen LogP contribution in [0.3, 0.4) is 0 Å². The third-order valence-electron chi connectivity index (χ3n) is 4.62. The van der Waals surface area contributed by atoms with Crippen LogP contribution in [-0.4, -0.2) is 34.3 Å². The summed E-state index contributed by atoms with van der Waals surface area (Å²) >= 11 is 0. The summed E-state index contributed by atoms with van der Waals surface area (Å²) < 4.78 is 0. The largest absolute Gasteiger partial charge is 0.481 e. The van der Waals surface area contributed by atoms with Crippen molar-refractivity contribution in [2.75, 3.05) is 6.54 Å². The van der Waals surface area contributed by atoms with Crippen molar-refractivity contribution in [3.63, 3.8) is 0 Å². The van der Waals surface area contributed by atoms with Gasteiger partial charge in [0.05, 0.1) is 12.5 Å². The van der Waals surface area contributed by atoms with Gasteiger partial charge in [0.25, 0.3) is 5.91 Å². The Labute approximate surface area is 157 Å². The molecule has 2 N–H and O–H groups in total. The van der Waals surface area contributed by atoms with Gasteiger partial charge in [-0.05, 0) is 29.7 Å². The number of aliphatic carboxylic acids is 1. The number of hydrogen-bond acceptors (Lipinski definition) is 3. The van der Waals surface area contributed by atoms with Crippen molar-refractivity contribution in [3.8, 4) is 0 Å². The number of carboxylic acid groups (broad SMARTS) is 1. The second-order valence-electron chi connectivity index (χ2n) is 6.65. The summed E-state index contributed by atoms with van der Waals surface area (Å²) in [7, 11) is 0. The summed E-state index contributed by atoms with van der Waals surface area (Å²) in [6.07, 6.45) is 1.25. The first-order valence-corrected chi connectivity index (χ1v) is 8.97. The molecule has 3 rings (SSSR count). The second kappa shape index (κ2) is 8.49. The van der Waals surface area contributed by atoms with E-state index < -0.39 is 12.0 Å². The van der Waals surface area contributed by atoms with Crippen molar-refractivity contribution in [2.45, 2.75) is 31.8 Å². The maximum Gasteiger partial charge on any atom is 0.305 e. The van der Waals surface area contributed by atoms with Gasteiger partial charge < -0.3 is 15.3 Å². The van der Waals surface area contributed by atoms with E-state index in [9.17, 15) is 14.4 Å². The van der Waals surface area contributed by atoms with E-state index in [4.69, 9.17) is 5.11 Å². The number of benzene rings is 2. The van der Waals surface area contributed by atoms with Crippen LogP contribution in [0.5, 0.6) is 0 Å². The molecule has 0 saturated carbocycles. The van der Waals surface area contributed by atoms with E-state index in [1.165, 1.54) is 0 Å². The van der Waals surface area contributed by atoms with Crippen molar-refractivity contribution in [3.05, 3.63) is 71.3 Å². The second-order valence-corrected chi connectivity index (χ2v) is 6.65. The smallest absolute Gasteiger partial charge is 0.305 e. The quantitative estimate of drug-likeness (QED) is 0.789. The minimum absolute atomic E-state index is 0.135. The van der Waals surface area contributed by atoms with Gasteiger partial charge in [-0.15, -0.1) is 0 Å². The average Bonchev–Trinajstić information content (AvgIpc) is 3.06. The number of carboxylic acids is 1. The fourth-order valence-electron chi connectivity index (χ4n) is 3.26. The Kier molecular flexibility index (Phi) is 5.86. The molecule has 2 aromatic rings. The van der Waals surface area contributed by atoms with Crippen LogP contribution in [0.4, 0.5) is 0 Å². The van der Waals surface area contributed by atoms with Crippen LogP contribution in [0, 0.1) is 0 Å². The molecule has 27 heavy (non-hydrogen) atoms. The predicted molar refractivity (Wildman–Crippen MR) is 100.0 cm³/mol. The van der Waals surface area contributed by atoms with E-state index in [0.29, 0.717) is 18.5 Å². The summed E-state index contributed by atoms with van der Waals surface area (Å²) in [6, 6.07) is 15.5. The molecule has 1 heterocycles. The molecule has 1 saturated heterocycles. The van der Waals surface area contributed by atoms with Crippen LogP contribution in [0.2, 0.25) is 0 Å². The minimum Gasteiger partial charge on any atom is -0.481 e. The summed E-state index contributed by atoms with van der Waals surface area (Å²) in [5.74, 6) is -1.18. The number of carbonyl (C=O) groups is 3. The fraction of sp³-hybridized carbons (Fsp3) is 0.286. The van der Waals surface area contributed by atoms with Gasteiger partial charge >= 0.3 is 5.97 Å². The maximum atomic E-state index is 12.7. The monoisotopic (exact) mass is 366 g/mol. The molecule has 1 aliphatic rings. The number of carbonyl (C=O) groups excluding carboxylic acids is 2. The van der Waals surface area contributed by atoms with Gasteiger partial charge in [-0.3, -0.25) is 14.4 Å². The molecule has 1 unspecified atom stereocenters. The van der Waals surface area contributed by atoms with Crippen molar-refractivity contribution in [1.29, 1.82) is 0 Å². The normalized spacial score (nSPS) is 14.8. The van der Waals surface area contributed by atoms with Gasteiger partial charge in [0, 0.05) is 25.1 Å². The number of nitrogens with zero attached hydrogens (tertiary/aromatic N) is 1. The molecule has 2 amide bonds. The first kappa shape index (κ1) is 18.6. The molecule has 1 atom stereocenters. The first-order chi connectivity index (χ1) is 13.0. The van der Waals surface area contributed by atoms with Crippen LogP contribution in [0.1, 0.15) is 46.8 Å². The Balaban J connectivity index is 1.73. The summed E-state index contributed by atoms with van der Waals surface area (Å²) in [6.45, 7) is 1.22. The molecule has 0 aliphatic carbocycles. The molecule has 0 spiro atoms. The third kappa shape index (κ3) is 4.94. The molecule has 140 valence electrons. The molecule has 6 nitrogen and oxygen atoms in total. The van der Waals surface area contributed by atoms with E-state index in [0.717, 1.165) is 24.1 Å². The number of likely N-dealkylation sites (tertiary alicyclic amines) is 1. The lowest BCUT2D eigenvalue weighted by Crippen LogP contribution is -2.30. The van der Waals surface area contributed by atoms with E-state index in [2.05, 4.69) is 5.32 Å². The lowest BCUT2D eigenvalue weighted by Gasteiger charge is -2.19. The van der Waals surface area contributed by atoms with Crippen LogP contribution < -0.4 is 5.32 Å². The van der Waals surface area contributed by atoms with Crippen LogP contribution in [0.25, 0.3) is 0 Å². The Hall–Kier alpha value is -3.15. The van der Waals surface area contributed by atoms with Gasteiger partial charge in [0.2, 0.25) is 5.91 Å². The number of rotatable bonds is 7. The minimum atomic E-state index is -0.981. The molecule has 1 aliphatic heterocycles. The lowest BCUT2D eigenvalue weighted by atomic mass is 10.0. The summed E-state index contributed by atoms with van der Waals surface area (Å²) in [5, 5.41) is 12.0. The van der Waals surface area contributed by atoms with E-state index in [-0.39, 0.29) is 18.2 Å². The number of amides is 2. The van der Waals surface area contributed by atoms with E-state index >= 15 is 0 Å². The van der Waals surface area contributed by atoms with Crippen molar-refractivity contribution in [2.24, 2.45) is 0 Å². The zero-order chi connectivity index (χ0) is 19.2. The zero-order valence-corrected chi connectivity index (χ0v) is 14.9. The SMILES string of the molecule is O=C(O)CC(NC(=O)c1cccc(CN2CCCC2=O)c1)c1ccccc1. The van der Waals surface area contributed by atoms with E-state index in [1.807, 2.05) is 24.3 Å². The van der Waals surface area contributed by atoms with Crippen LogP contribution in [0.15, 0.2) is 54.6 Å². The highest BCUT2D eigenvalue weighted by Crippen LogP contribution is 2.19. The van der Waals surface area contributed by atoms with Gasteiger partial charge in [-0.2, -0.15) is 0 Å². The Bertz CT molecular complexity index is 835. The Morgan fingerprint density at radius 3 is 2.56 bits per heavy atom. The van der Waals surface area contributed by atoms with Crippen LogP contribution >= 0.6 is 0 Å². The lowest BCUT2D eigenvalue weighted by molar-refractivity contribution is -0.137. The molecule has 0 bridgehead atoms. The number of hydrogen-bond donors (Lipinski definition) is 2. The van der Waals surface area contributed by atoms with Crippen molar-refractivity contribution < 1.29 is 19.5 Å². The van der Waals surface area contributed by atoms with Gasteiger partial charge in [-0.1, -0.05) is 42.5 Å². The highest BCUT2D eigenvalue weighted by Gasteiger charge is 2.21. The molecule has 1 fully saturated rings. The topological polar surface area (TPSA) is 86.7 Å². The molecule has 0 radical (unpaired) electrons. The number of nitrogens with one attached hydrogen (secondary N) is 1. The van der Waals surface area contributed by atoms with Gasteiger partial charge in [0.1, 0.15) is 0 Å². The van der Waals surface area contributed by atoms with E-state index in [1.54, 1.807) is 35.2 Å². The highest BCUT2D eigenvalue weighted by atomic mass is 16.4. The van der Waals surface area contributed by atoms with Gasteiger partial charge in [-0.25, -0.2) is 0 Å². The summed E-state index contributed by atoms with van der Waals surface area (Å²) in [5.41, 5.74) is 2.07. The average molecular weight is 366 g/mol. The van der Waals surface area contributed by atoms with Gasteiger partial charge in [0.15, 0.2) is 0 Å². The van der Waals surface area contributed by atoms with Crippen LogP contribution in [-0.2, 0) is 16.1 Å². The Morgan fingerprint density at radius 1 is 1.11 bits per heavy atom. The maximum absolute atomic E-state index is 12.7. The molecular weight excluding hydrogens is 344 g/mol. The fourth-order valence-corrected chi connectivity index (χ4v) is 3.26. The highest BCUT2D eigenvalue weighted by molar-refractivity contribution is 5.95. The van der Waals surface area contributed by atoms with Crippen molar-refractivity contribution in [1.82, 2.24) is 10.2 Å². The molecule has 6 heteroatoms. The molecule has 2 aromatic carbocycles. The van der Waals surface area contributed by atoms with Crippen molar-refractivity contribution >= 4 is 17.8 Å². The molecule has 0 aromatic heterocycles. The summed E-state index contributed by atoms with van der Waals surface area (Å²) in [4.78, 5) is 37.4. The predicted octanol–water partition coefficient (Wildman–Crippen LogP) is 2.75. The first-order valence-electron chi connectivity index (χ1n) is 8.97. The Morgan fingerprint density at radius 2 is 1.89 bits per heavy atom. The molecular formula is C21H22N2O4. The standard InChI is InChI=1S/C21H22N2O4/c24-19-10-5-11-23(19)14-15-6-4-9-17(12-15)21(27)22-18(13-20(25)26)16-7-2-1-3-8-16/h1-4,6-9,12,18H,5,10-11,13-14H2,(H,22,27)(H,25,26). The third-order valence-corrected chi connectivity index (χ3v) is 4.62.